The largest absolute Gasteiger partial charge is 0.350 e. The molecule has 0 bridgehead atoms. The third kappa shape index (κ3) is 2.29. The molecule has 1 aliphatic carbocycles. The Bertz CT molecular complexity index is 395. The minimum Gasteiger partial charge on any atom is -0.350 e. The minimum absolute atomic E-state index is 0.0991. The first-order valence-corrected chi connectivity index (χ1v) is 6.86. The summed E-state index contributed by atoms with van der Waals surface area (Å²) in [4.78, 5) is 13.4. The molecule has 16 heavy (non-hydrogen) atoms. The van der Waals surface area contributed by atoms with Gasteiger partial charge in [-0.15, -0.1) is 11.3 Å². The Morgan fingerprint density at radius 3 is 3.00 bits per heavy atom. The van der Waals surface area contributed by atoms with E-state index in [9.17, 15) is 4.79 Å². The van der Waals surface area contributed by atoms with Crippen LogP contribution in [0.4, 0.5) is 0 Å². The van der Waals surface area contributed by atoms with Gasteiger partial charge >= 0.3 is 0 Å². The molecular weight excluding hydrogens is 218 g/mol. The molecule has 1 aromatic heterocycles. The molecule has 88 valence electrons. The van der Waals surface area contributed by atoms with Crippen molar-refractivity contribution >= 4 is 17.2 Å². The lowest BCUT2D eigenvalue weighted by atomic mass is 9.88. The fourth-order valence-electron chi connectivity index (χ4n) is 2.21. The number of carbonyl (C=O) groups excluding carboxylic acids is 1. The molecule has 1 aromatic rings. The highest BCUT2D eigenvalue weighted by Gasteiger charge is 2.23. The molecule has 0 fully saturated rings. The highest BCUT2D eigenvalue weighted by molar-refractivity contribution is 7.10. The van der Waals surface area contributed by atoms with Gasteiger partial charge in [0.25, 0.3) is 5.91 Å². The molecule has 1 heterocycles. The molecule has 1 amide bonds. The lowest BCUT2D eigenvalue weighted by Crippen LogP contribution is -2.30. The number of rotatable bonds is 2. The summed E-state index contributed by atoms with van der Waals surface area (Å²) in [6.45, 7) is 6.29. The van der Waals surface area contributed by atoms with Crippen LogP contribution in [0.2, 0.25) is 0 Å². The minimum atomic E-state index is 0.0991. The van der Waals surface area contributed by atoms with Gasteiger partial charge in [0.2, 0.25) is 0 Å². The second-order valence-corrected chi connectivity index (χ2v) is 5.99. The molecule has 0 saturated carbocycles. The predicted octanol–water partition coefficient (Wildman–Crippen LogP) is 3.01. The lowest BCUT2D eigenvalue weighted by molar-refractivity contribution is 0.0942. The van der Waals surface area contributed by atoms with Crippen LogP contribution in [0.3, 0.4) is 0 Å². The van der Waals surface area contributed by atoms with Gasteiger partial charge in [-0.3, -0.25) is 4.79 Å². The van der Waals surface area contributed by atoms with Crippen LogP contribution in [-0.4, -0.2) is 11.9 Å². The zero-order chi connectivity index (χ0) is 11.7. The van der Waals surface area contributed by atoms with Gasteiger partial charge in [0.15, 0.2) is 0 Å². The molecule has 0 aromatic carbocycles. The van der Waals surface area contributed by atoms with Crippen molar-refractivity contribution in [1.82, 2.24) is 5.32 Å². The molecule has 0 saturated heterocycles. The van der Waals surface area contributed by atoms with Gasteiger partial charge in [0.05, 0.1) is 5.56 Å². The van der Waals surface area contributed by atoms with Gasteiger partial charge in [-0.05, 0) is 44.6 Å². The molecule has 0 spiro atoms. The maximum absolute atomic E-state index is 12.0. The molecule has 3 heteroatoms. The molecule has 2 nitrogen and oxygen atoms in total. The number of hydrogen-bond donors (Lipinski definition) is 1. The molecule has 1 N–H and O–H groups in total. The molecule has 0 aliphatic heterocycles. The number of thiophene rings is 1. The van der Waals surface area contributed by atoms with Crippen molar-refractivity contribution in [3.8, 4) is 0 Å². The fourth-order valence-corrected chi connectivity index (χ4v) is 3.45. The van der Waals surface area contributed by atoms with Crippen molar-refractivity contribution in [2.45, 2.75) is 46.1 Å². The van der Waals surface area contributed by atoms with Crippen LogP contribution in [0.25, 0.3) is 0 Å². The number of fused-ring (bicyclic) bond motifs is 1. The van der Waals surface area contributed by atoms with E-state index in [0.717, 1.165) is 24.3 Å². The van der Waals surface area contributed by atoms with Gasteiger partial charge in [0, 0.05) is 16.3 Å². The van der Waals surface area contributed by atoms with Crippen molar-refractivity contribution in [3.05, 3.63) is 21.4 Å². The lowest BCUT2D eigenvalue weighted by Gasteiger charge is -2.19. The standard InChI is InChI=1S/C13H19NOS/c1-8(2)14-13(15)11-7-16-12-6-9(3)4-5-10(11)12/h7-9H,4-6H2,1-3H3,(H,14,15). The first-order valence-electron chi connectivity index (χ1n) is 5.98. The molecule has 1 aliphatic rings. The normalized spacial score (nSPS) is 19.6. The van der Waals surface area contributed by atoms with Gasteiger partial charge in [0.1, 0.15) is 0 Å². The van der Waals surface area contributed by atoms with Crippen molar-refractivity contribution in [2.75, 3.05) is 0 Å². The van der Waals surface area contributed by atoms with Crippen LogP contribution in [0.5, 0.6) is 0 Å². The van der Waals surface area contributed by atoms with E-state index in [1.54, 1.807) is 11.3 Å². The Morgan fingerprint density at radius 2 is 2.31 bits per heavy atom. The Labute approximate surface area is 101 Å². The predicted molar refractivity (Wildman–Crippen MR) is 68.1 cm³/mol. The molecule has 2 rings (SSSR count). The quantitative estimate of drug-likeness (QED) is 0.841. The highest BCUT2D eigenvalue weighted by atomic mass is 32.1. The zero-order valence-corrected chi connectivity index (χ0v) is 11.0. The number of amides is 1. The Morgan fingerprint density at radius 1 is 1.56 bits per heavy atom. The van der Waals surface area contributed by atoms with Crippen LogP contribution in [0, 0.1) is 5.92 Å². The summed E-state index contributed by atoms with van der Waals surface area (Å²) in [5.74, 6) is 0.870. The Hall–Kier alpha value is -0.830. The second kappa shape index (κ2) is 4.58. The summed E-state index contributed by atoms with van der Waals surface area (Å²) in [5, 5.41) is 5.00. The SMILES string of the molecule is CC1CCc2c(C(=O)NC(C)C)csc2C1. The maximum atomic E-state index is 12.0. The Kier molecular flexibility index (Phi) is 3.33. The van der Waals surface area contributed by atoms with Crippen molar-refractivity contribution in [1.29, 1.82) is 0 Å². The van der Waals surface area contributed by atoms with Crippen molar-refractivity contribution in [2.24, 2.45) is 5.92 Å². The number of nitrogens with one attached hydrogen (secondary N) is 1. The van der Waals surface area contributed by atoms with Crippen LogP contribution < -0.4 is 5.32 Å². The third-order valence-corrected chi connectivity index (χ3v) is 4.12. The fraction of sp³-hybridized carbons (Fsp3) is 0.615. The monoisotopic (exact) mass is 237 g/mol. The van der Waals surface area contributed by atoms with Crippen LogP contribution in [0.15, 0.2) is 5.38 Å². The Balaban J connectivity index is 2.20. The molecule has 1 atom stereocenters. The van der Waals surface area contributed by atoms with Gasteiger partial charge < -0.3 is 5.32 Å². The summed E-state index contributed by atoms with van der Waals surface area (Å²) in [7, 11) is 0. The average molecular weight is 237 g/mol. The van der Waals surface area contributed by atoms with Crippen LogP contribution in [0.1, 0.15) is 48.0 Å². The smallest absolute Gasteiger partial charge is 0.252 e. The van der Waals surface area contributed by atoms with Gasteiger partial charge in [-0.25, -0.2) is 0 Å². The molecule has 1 unspecified atom stereocenters. The van der Waals surface area contributed by atoms with Crippen LogP contribution in [-0.2, 0) is 12.8 Å². The topological polar surface area (TPSA) is 29.1 Å². The molecule has 0 radical (unpaired) electrons. The van der Waals surface area contributed by atoms with E-state index in [1.165, 1.54) is 16.9 Å². The van der Waals surface area contributed by atoms with E-state index in [0.29, 0.717) is 0 Å². The first kappa shape index (κ1) is 11.6. The van der Waals surface area contributed by atoms with E-state index in [4.69, 9.17) is 0 Å². The van der Waals surface area contributed by atoms with E-state index >= 15 is 0 Å². The first-order chi connectivity index (χ1) is 7.58. The summed E-state index contributed by atoms with van der Waals surface area (Å²) in [6, 6.07) is 0.213. The van der Waals surface area contributed by atoms with Crippen molar-refractivity contribution in [3.63, 3.8) is 0 Å². The van der Waals surface area contributed by atoms with E-state index in [1.807, 2.05) is 19.2 Å². The summed E-state index contributed by atoms with van der Waals surface area (Å²) < 4.78 is 0. The van der Waals surface area contributed by atoms with E-state index in [-0.39, 0.29) is 11.9 Å². The van der Waals surface area contributed by atoms with Gasteiger partial charge in [-0.1, -0.05) is 6.92 Å². The summed E-state index contributed by atoms with van der Waals surface area (Å²) in [5.41, 5.74) is 2.22. The van der Waals surface area contributed by atoms with Crippen molar-refractivity contribution < 1.29 is 4.79 Å². The van der Waals surface area contributed by atoms with E-state index < -0.39 is 0 Å². The van der Waals surface area contributed by atoms with Crippen LogP contribution >= 0.6 is 11.3 Å². The third-order valence-electron chi connectivity index (χ3n) is 3.07. The van der Waals surface area contributed by atoms with E-state index in [2.05, 4.69) is 12.2 Å². The summed E-state index contributed by atoms with van der Waals surface area (Å²) >= 11 is 1.75. The number of carbonyl (C=O) groups is 1. The maximum Gasteiger partial charge on any atom is 0.252 e. The molecular formula is C13H19NOS. The average Bonchev–Trinajstić information content (AvgIpc) is 2.59. The zero-order valence-electron chi connectivity index (χ0n) is 10.2. The highest BCUT2D eigenvalue weighted by Crippen LogP contribution is 2.32. The summed E-state index contributed by atoms with van der Waals surface area (Å²) in [6.07, 6.45) is 3.43. The van der Waals surface area contributed by atoms with Gasteiger partial charge in [-0.2, -0.15) is 0 Å². The second-order valence-electron chi connectivity index (χ2n) is 5.03. The number of hydrogen-bond acceptors (Lipinski definition) is 2.